The van der Waals surface area contributed by atoms with Gasteiger partial charge in [-0.1, -0.05) is 0 Å². The number of nitrogens with one attached hydrogen (secondary N) is 1. The number of nitrogens with zero attached hydrogens (tertiary/aromatic N) is 1. The van der Waals surface area contributed by atoms with Crippen molar-refractivity contribution < 1.29 is 4.74 Å². The van der Waals surface area contributed by atoms with Crippen LogP contribution in [0.1, 0.15) is 18.2 Å². The molecule has 5 heteroatoms. The van der Waals surface area contributed by atoms with E-state index in [-0.39, 0.29) is 0 Å². The average molecular weight is 400 g/mol. The van der Waals surface area contributed by atoms with Gasteiger partial charge >= 0.3 is 0 Å². The smallest absolute Gasteiger partial charge is 0.147 e. The molecular weight excluding hydrogens is 384 g/mol. The lowest BCUT2D eigenvalue weighted by molar-refractivity contribution is 0.336. The number of ether oxygens (including phenoxy) is 1. The Hall–Kier alpha value is -1.07. The molecule has 1 aromatic heterocycles. The molecule has 2 aromatic rings. The molecule has 0 amide bonds. The number of halogens is 2. The Labute approximate surface area is 136 Å². The molecule has 0 unspecified atom stereocenters. The van der Waals surface area contributed by atoms with E-state index in [0.717, 1.165) is 38.2 Å². The van der Waals surface area contributed by atoms with Crippen molar-refractivity contribution in [1.29, 1.82) is 0 Å². The lowest BCUT2D eigenvalue weighted by Gasteiger charge is -2.12. The van der Waals surface area contributed by atoms with Crippen LogP contribution in [0.15, 0.2) is 39.4 Å². The van der Waals surface area contributed by atoms with Gasteiger partial charge in [0.2, 0.25) is 0 Å². The van der Waals surface area contributed by atoms with Crippen molar-refractivity contribution in [2.24, 2.45) is 0 Å². The lowest BCUT2D eigenvalue weighted by Crippen LogP contribution is -2.03. The number of benzene rings is 1. The van der Waals surface area contributed by atoms with Crippen LogP contribution in [0, 0.1) is 6.92 Å². The quantitative estimate of drug-likeness (QED) is 0.774. The summed E-state index contributed by atoms with van der Waals surface area (Å²) in [7, 11) is 0. The van der Waals surface area contributed by atoms with Crippen LogP contribution in [0.3, 0.4) is 0 Å². The summed E-state index contributed by atoms with van der Waals surface area (Å²) in [5, 5.41) is 3.39. The summed E-state index contributed by atoms with van der Waals surface area (Å²) in [4.78, 5) is 4.26. The van der Waals surface area contributed by atoms with Crippen LogP contribution in [-0.4, -0.2) is 11.6 Å². The van der Waals surface area contributed by atoms with Gasteiger partial charge in [-0.05, 0) is 75.5 Å². The normalized spacial score (nSPS) is 10.4. The number of aromatic nitrogens is 1. The zero-order valence-corrected chi connectivity index (χ0v) is 14.6. The Balaban J connectivity index is 2.13. The zero-order chi connectivity index (χ0) is 14.5. The van der Waals surface area contributed by atoms with Gasteiger partial charge in [0, 0.05) is 12.7 Å². The molecule has 0 bridgehead atoms. The third kappa shape index (κ3) is 3.73. The molecular formula is C15H16Br2N2O. The number of pyridine rings is 1. The fourth-order valence-electron chi connectivity index (χ4n) is 1.87. The third-order valence-corrected chi connectivity index (χ3v) is 4.01. The van der Waals surface area contributed by atoms with Crippen molar-refractivity contribution >= 4 is 37.5 Å². The fraction of sp³-hybridized carbons (Fsp3) is 0.267. The summed E-state index contributed by atoms with van der Waals surface area (Å²) in [6.45, 7) is 5.34. The fourth-order valence-corrected chi connectivity index (χ4v) is 3.38. The highest BCUT2D eigenvalue weighted by molar-refractivity contribution is 9.11. The number of hydrogen-bond acceptors (Lipinski definition) is 3. The van der Waals surface area contributed by atoms with E-state index in [0.29, 0.717) is 6.61 Å². The second kappa shape index (κ2) is 7.09. The minimum Gasteiger partial charge on any atom is -0.492 e. The predicted octanol–water partition coefficient (Wildman–Crippen LogP) is 4.93. The molecule has 0 saturated carbocycles. The Morgan fingerprint density at radius 1 is 1.25 bits per heavy atom. The molecule has 0 aliphatic heterocycles. The molecule has 20 heavy (non-hydrogen) atoms. The van der Waals surface area contributed by atoms with Crippen molar-refractivity contribution in [3.05, 3.63) is 50.7 Å². The van der Waals surface area contributed by atoms with Crippen LogP contribution >= 0.6 is 31.9 Å². The maximum absolute atomic E-state index is 5.58. The van der Waals surface area contributed by atoms with Crippen molar-refractivity contribution in [3.63, 3.8) is 0 Å². The van der Waals surface area contributed by atoms with E-state index in [1.165, 1.54) is 0 Å². The van der Waals surface area contributed by atoms with E-state index < -0.39 is 0 Å². The van der Waals surface area contributed by atoms with Crippen molar-refractivity contribution in [3.8, 4) is 5.75 Å². The Morgan fingerprint density at radius 3 is 2.55 bits per heavy atom. The van der Waals surface area contributed by atoms with Gasteiger partial charge in [0.15, 0.2) is 0 Å². The number of anilines is 1. The van der Waals surface area contributed by atoms with Gasteiger partial charge in [0.05, 0.1) is 26.9 Å². The van der Waals surface area contributed by atoms with Crippen molar-refractivity contribution in [1.82, 2.24) is 4.98 Å². The summed E-state index contributed by atoms with van der Waals surface area (Å²) in [6, 6.07) is 8.09. The van der Waals surface area contributed by atoms with Gasteiger partial charge in [-0.2, -0.15) is 0 Å². The van der Waals surface area contributed by atoms with Crippen LogP contribution in [0.4, 0.5) is 5.69 Å². The summed E-state index contributed by atoms with van der Waals surface area (Å²) in [5.74, 6) is 0.841. The summed E-state index contributed by atoms with van der Waals surface area (Å²) in [6.07, 6.45) is 1.80. The molecule has 0 aliphatic rings. The van der Waals surface area contributed by atoms with Gasteiger partial charge in [-0.15, -0.1) is 0 Å². The molecule has 0 spiro atoms. The Morgan fingerprint density at radius 2 is 1.95 bits per heavy atom. The molecule has 1 aromatic carbocycles. The highest BCUT2D eigenvalue weighted by atomic mass is 79.9. The lowest BCUT2D eigenvalue weighted by atomic mass is 10.2. The minimum absolute atomic E-state index is 0.643. The van der Waals surface area contributed by atoms with E-state index in [1.54, 1.807) is 6.20 Å². The molecule has 106 valence electrons. The highest BCUT2D eigenvalue weighted by Crippen LogP contribution is 2.35. The second-order valence-electron chi connectivity index (χ2n) is 4.31. The SMILES string of the molecule is CCOc1c(Br)cc(CNc2cccnc2C)cc1Br. The third-order valence-electron chi connectivity index (χ3n) is 2.84. The maximum Gasteiger partial charge on any atom is 0.147 e. The Bertz CT molecular complexity index is 579. The number of hydrogen-bond donors (Lipinski definition) is 1. The van der Waals surface area contributed by atoms with Gasteiger partial charge < -0.3 is 10.1 Å². The van der Waals surface area contributed by atoms with Crippen LogP contribution in [0.2, 0.25) is 0 Å². The van der Waals surface area contributed by atoms with Crippen LogP contribution in [0.5, 0.6) is 5.75 Å². The minimum atomic E-state index is 0.643. The van der Waals surface area contributed by atoms with Gasteiger partial charge in [0.25, 0.3) is 0 Å². The molecule has 0 saturated heterocycles. The average Bonchev–Trinajstić information content (AvgIpc) is 2.42. The topological polar surface area (TPSA) is 34.1 Å². The first-order chi connectivity index (χ1) is 9.61. The first kappa shape index (κ1) is 15.3. The van der Waals surface area contributed by atoms with Gasteiger partial charge in [0.1, 0.15) is 5.75 Å². The van der Waals surface area contributed by atoms with Crippen molar-refractivity contribution in [2.45, 2.75) is 20.4 Å². The Kier molecular flexibility index (Phi) is 5.43. The first-order valence-electron chi connectivity index (χ1n) is 6.38. The van der Waals surface area contributed by atoms with E-state index in [4.69, 9.17) is 4.74 Å². The van der Waals surface area contributed by atoms with Crippen LogP contribution < -0.4 is 10.1 Å². The molecule has 0 fully saturated rings. The number of rotatable bonds is 5. The largest absolute Gasteiger partial charge is 0.492 e. The van der Waals surface area contributed by atoms with E-state index >= 15 is 0 Å². The van der Waals surface area contributed by atoms with E-state index in [1.807, 2.05) is 26.0 Å². The molecule has 0 atom stereocenters. The maximum atomic E-state index is 5.58. The van der Waals surface area contributed by atoms with E-state index in [9.17, 15) is 0 Å². The standard InChI is InChI=1S/C15H16Br2N2O/c1-3-20-15-12(16)7-11(8-13(15)17)9-19-14-5-4-6-18-10(14)2/h4-8,19H,3,9H2,1-2H3. The molecule has 0 aliphatic carbocycles. The molecule has 1 heterocycles. The summed E-state index contributed by atoms with van der Waals surface area (Å²) >= 11 is 7.09. The van der Waals surface area contributed by atoms with E-state index in [2.05, 4.69) is 54.3 Å². The first-order valence-corrected chi connectivity index (χ1v) is 7.96. The second-order valence-corrected chi connectivity index (χ2v) is 6.02. The molecule has 2 rings (SSSR count). The monoisotopic (exact) mass is 398 g/mol. The van der Waals surface area contributed by atoms with Crippen molar-refractivity contribution in [2.75, 3.05) is 11.9 Å². The molecule has 0 radical (unpaired) electrons. The van der Waals surface area contributed by atoms with Gasteiger partial charge in [-0.3, -0.25) is 4.98 Å². The van der Waals surface area contributed by atoms with Crippen LogP contribution in [-0.2, 0) is 6.54 Å². The summed E-state index contributed by atoms with van der Waals surface area (Å²) in [5.41, 5.74) is 3.21. The summed E-state index contributed by atoms with van der Waals surface area (Å²) < 4.78 is 7.48. The predicted molar refractivity (Wildman–Crippen MR) is 89.3 cm³/mol. The number of aryl methyl sites for hydroxylation is 1. The van der Waals surface area contributed by atoms with Crippen LogP contribution in [0.25, 0.3) is 0 Å². The van der Waals surface area contributed by atoms with Gasteiger partial charge in [-0.25, -0.2) is 0 Å². The molecule has 3 nitrogen and oxygen atoms in total. The zero-order valence-electron chi connectivity index (χ0n) is 11.4. The molecule has 1 N–H and O–H groups in total. The highest BCUT2D eigenvalue weighted by Gasteiger charge is 2.08.